The van der Waals surface area contributed by atoms with Crippen molar-refractivity contribution in [1.82, 2.24) is 10.2 Å². The maximum absolute atomic E-state index is 5.67. The monoisotopic (exact) mass is 242 g/mol. The van der Waals surface area contributed by atoms with Gasteiger partial charge in [0.1, 0.15) is 0 Å². The first-order chi connectivity index (χ1) is 8.09. The van der Waals surface area contributed by atoms with Crippen LogP contribution in [0.15, 0.2) is 0 Å². The molecule has 1 aliphatic rings. The van der Waals surface area contributed by atoms with E-state index in [2.05, 4.69) is 38.0 Å². The zero-order chi connectivity index (χ0) is 12.7. The molecule has 1 aliphatic heterocycles. The first kappa shape index (κ1) is 14.9. The minimum Gasteiger partial charge on any atom is -0.377 e. The summed E-state index contributed by atoms with van der Waals surface area (Å²) >= 11 is 0. The van der Waals surface area contributed by atoms with E-state index in [-0.39, 0.29) is 0 Å². The van der Waals surface area contributed by atoms with Crippen LogP contribution in [0.4, 0.5) is 0 Å². The Balaban J connectivity index is 2.06. The molecule has 102 valence electrons. The standard InChI is InChI=1S/C14H30N2O/c1-12(2)7-8-15-10-13(3)16(4)11-14-6-5-9-17-14/h12-15H,5-11H2,1-4H3. The lowest BCUT2D eigenvalue weighted by molar-refractivity contribution is 0.0703. The van der Waals surface area contributed by atoms with Crippen molar-refractivity contribution in [2.24, 2.45) is 5.92 Å². The maximum atomic E-state index is 5.67. The van der Waals surface area contributed by atoms with Crippen molar-refractivity contribution in [1.29, 1.82) is 0 Å². The normalized spacial score (nSPS) is 22.6. The lowest BCUT2D eigenvalue weighted by atomic mass is 10.1. The van der Waals surface area contributed by atoms with Crippen LogP contribution in [0.5, 0.6) is 0 Å². The molecule has 0 radical (unpaired) electrons. The molecule has 0 aromatic rings. The maximum Gasteiger partial charge on any atom is 0.0702 e. The summed E-state index contributed by atoms with van der Waals surface area (Å²) in [6, 6.07) is 0.589. The summed E-state index contributed by atoms with van der Waals surface area (Å²) in [5.74, 6) is 0.794. The molecule has 3 heteroatoms. The van der Waals surface area contributed by atoms with E-state index < -0.39 is 0 Å². The van der Waals surface area contributed by atoms with Crippen molar-refractivity contribution in [2.45, 2.75) is 52.2 Å². The van der Waals surface area contributed by atoms with E-state index in [0.29, 0.717) is 12.1 Å². The summed E-state index contributed by atoms with van der Waals surface area (Å²) in [5, 5.41) is 3.54. The summed E-state index contributed by atoms with van der Waals surface area (Å²) < 4.78 is 5.67. The summed E-state index contributed by atoms with van der Waals surface area (Å²) in [5.41, 5.74) is 0. The van der Waals surface area contributed by atoms with Crippen molar-refractivity contribution in [3.05, 3.63) is 0 Å². The van der Waals surface area contributed by atoms with Crippen molar-refractivity contribution in [3.63, 3.8) is 0 Å². The Morgan fingerprint density at radius 1 is 1.35 bits per heavy atom. The molecule has 0 aliphatic carbocycles. The SMILES string of the molecule is CC(C)CCNCC(C)N(C)CC1CCCO1. The largest absolute Gasteiger partial charge is 0.377 e. The summed E-state index contributed by atoms with van der Waals surface area (Å²) in [6.45, 7) is 11.1. The van der Waals surface area contributed by atoms with Crippen LogP contribution in [0.2, 0.25) is 0 Å². The molecule has 0 aromatic heterocycles. The summed E-state index contributed by atoms with van der Waals surface area (Å²) in [6.07, 6.45) is 4.21. The fourth-order valence-corrected chi connectivity index (χ4v) is 2.15. The third-order valence-corrected chi connectivity index (χ3v) is 3.61. The van der Waals surface area contributed by atoms with Gasteiger partial charge in [0.05, 0.1) is 6.10 Å². The minimum absolute atomic E-state index is 0.470. The van der Waals surface area contributed by atoms with Crippen LogP contribution >= 0.6 is 0 Å². The molecular formula is C14H30N2O. The first-order valence-electron chi connectivity index (χ1n) is 7.12. The summed E-state index contributed by atoms with van der Waals surface area (Å²) in [4.78, 5) is 2.42. The van der Waals surface area contributed by atoms with E-state index in [4.69, 9.17) is 4.74 Å². The Morgan fingerprint density at radius 3 is 2.71 bits per heavy atom. The quantitative estimate of drug-likeness (QED) is 0.660. The Labute approximate surface area is 107 Å². The Kier molecular flexibility index (Phi) is 7.09. The fourth-order valence-electron chi connectivity index (χ4n) is 2.15. The highest BCUT2D eigenvalue weighted by Crippen LogP contribution is 2.13. The molecule has 17 heavy (non-hydrogen) atoms. The van der Waals surface area contributed by atoms with Crippen molar-refractivity contribution in [3.8, 4) is 0 Å². The van der Waals surface area contributed by atoms with Gasteiger partial charge in [0.25, 0.3) is 0 Å². The van der Waals surface area contributed by atoms with Crippen LogP contribution in [0.3, 0.4) is 0 Å². The molecule has 1 rings (SSSR count). The second kappa shape index (κ2) is 8.06. The van der Waals surface area contributed by atoms with Crippen LogP contribution in [0.25, 0.3) is 0 Å². The van der Waals surface area contributed by atoms with Crippen LogP contribution in [-0.2, 0) is 4.74 Å². The average Bonchev–Trinajstić information content (AvgIpc) is 2.76. The van der Waals surface area contributed by atoms with Crippen molar-refractivity contribution in [2.75, 3.05) is 33.3 Å². The van der Waals surface area contributed by atoms with Gasteiger partial charge in [-0.25, -0.2) is 0 Å². The Hall–Kier alpha value is -0.120. The van der Waals surface area contributed by atoms with Crippen LogP contribution < -0.4 is 5.32 Å². The second-order valence-corrected chi connectivity index (χ2v) is 5.81. The number of nitrogens with zero attached hydrogens (tertiary/aromatic N) is 1. The topological polar surface area (TPSA) is 24.5 Å². The first-order valence-corrected chi connectivity index (χ1v) is 7.12. The zero-order valence-electron chi connectivity index (χ0n) is 12.0. The van der Waals surface area contributed by atoms with E-state index in [1.54, 1.807) is 0 Å². The number of rotatable bonds is 8. The van der Waals surface area contributed by atoms with Gasteiger partial charge in [-0.3, -0.25) is 4.90 Å². The van der Waals surface area contributed by atoms with E-state index in [1.165, 1.54) is 19.3 Å². The second-order valence-electron chi connectivity index (χ2n) is 5.81. The minimum atomic E-state index is 0.470. The van der Waals surface area contributed by atoms with Crippen LogP contribution in [0, 0.1) is 5.92 Å². The van der Waals surface area contributed by atoms with E-state index >= 15 is 0 Å². The smallest absolute Gasteiger partial charge is 0.0702 e. The number of hydrogen-bond acceptors (Lipinski definition) is 3. The van der Waals surface area contributed by atoms with Gasteiger partial charge in [-0.2, -0.15) is 0 Å². The van der Waals surface area contributed by atoms with Gasteiger partial charge in [-0.05, 0) is 45.7 Å². The predicted octanol–water partition coefficient (Wildman–Crippen LogP) is 2.12. The highest BCUT2D eigenvalue weighted by atomic mass is 16.5. The Bertz CT molecular complexity index is 191. The number of likely N-dealkylation sites (N-methyl/N-ethyl adjacent to an activating group) is 1. The van der Waals surface area contributed by atoms with Gasteiger partial charge >= 0.3 is 0 Å². The average molecular weight is 242 g/mol. The van der Waals surface area contributed by atoms with Gasteiger partial charge in [-0.1, -0.05) is 13.8 Å². The Morgan fingerprint density at radius 2 is 2.12 bits per heavy atom. The van der Waals surface area contributed by atoms with E-state index in [9.17, 15) is 0 Å². The predicted molar refractivity (Wildman–Crippen MR) is 73.4 cm³/mol. The molecule has 1 N–H and O–H groups in total. The fraction of sp³-hybridized carbons (Fsp3) is 1.00. The van der Waals surface area contributed by atoms with Gasteiger partial charge in [0.2, 0.25) is 0 Å². The van der Waals surface area contributed by atoms with Gasteiger partial charge in [0.15, 0.2) is 0 Å². The molecule has 2 unspecified atom stereocenters. The van der Waals surface area contributed by atoms with E-state index in [1.807, 2.05) is 0 Å². The van der Waals surface area contributed by atoms with Gasteiger partial charge < -0.3 is 10.1 Å². The molecule has 0 saturated carbocycles. The van der Waals surface area contributed by atoms with Crippen molar-refractivity contribution >= 4 is 0 Å². The molecule has 2 atom stereocenters. The highest BCUT2D eigenvalue weighted by Gasteiger charge is 2.19. The third-order valence-electron chi connectivity index (χ3n) is 3.61. The molecule has 1 saturated heterocycles. The van der Waals surface area contributed by atoms with Gasteiger partial charge in [0, 0.05) is 25.7 Å². The van der Waals surface area contributed by atoms with Crippen LogP contribution in [0.1, 0.15) is 40.0 Å². The highest BCUT2D eigenvalue weighted by molar-refractivity contribution is 4.73. The molecule has 0 amide bonds. The lowest BCUT2D eigenvalue weighted by Crippen LogP contribution is -2.41. The molecule has 1 heterocycles. The van der Waals surface area contributed by atoms with E-state index in [0.717, 1.165) is 32.2 Å². The third kappa shape index (κ3) is 6.39. The summed E-state index contributed by atoms with van der Waals surface area (Å²) in [7, 11) is 2.20. The molecule has 1 fully saturated rings. The molecule has 0 spiro atoms. The van der Waals surface area contributed by atoms with Crippen LogP contribution in [-0.4, -0.2) is 50.3 Å². The molecule has 0 aromatic carbocycles. The zero-order valence-corrected chi connectivity index (χ0v) is 12.0. The lowest BCUT2D eigenvalue weighted by Gasteiger charge is -2.27. The molecule has 0 bridgehead atoms. The number of ether oxygens (including phenoxy) is 1. The van der Waals surface area contributed by atoms with Gasteiger partial charge in [-0.15, -0.1) is 0 Å². The molecular weight excluding hydrogens is 212 g/mol. The number of hydrogen-bond donors (Lipinski definition) is 1. The van der Waals surface area contributed by atoms with Crippen molar-refractivity contribution < 1.29 is 4.74 Å². The molecule has 3 nitrogen and oxygen atoms in total. The number of nitrogens with one attached hydrogen (secondary N) is 1.